The second kappa shape index (κ2) is 12.1. The number of benzene rings is 9. The first-order valence-electron chi connectivity index (χ1n) is 17.6. The molecule has 0 aliphatic heterocycles. The van der Waals surface area contributed by atoms with Gasteiger partial charge in [0.15, 0.2) is 17.5 Å². The van der Waals surface area contributed by atoms with E-state index >= 15 is 0 Å². The standard InChI is InChI=1S/C48H25F6N/c49-40-23-31(24-41(50)47(40)51)32-17-12-26-14-19-38-39(20-15-27-13-18-37(32)44(26)45(27)38)46-35-10-3-1-8-33(35)43(34-9-2-4-11-36(34)46)29-7-5-6-28(22-29)30-16-21-42(55-25-30)48(52,53)54/h1-25H. The van der Waals surface area contributed by atoms with Gasteiger partial charge in [0.05, 0.1) is 0 Å². The van der Waals surface area contributed by atoms with Crippen molar-refractivity contribution in [3.05, 3.63) is 175 Å². The molecule has 10 aromatic rings. The third-order valence-corrected chi connectivity index (χ3v) is 10.7. The van der Waals surface area contributed by atoms with Gasteiger partial charge in [-0.25, -0.2) is 13.2 Å². The van der Waals surface area contributed by atoms with Gasteiger partial charge in [-0.3, -0.25) is 4.98 Å². The van der Waals surface area contributed by atoms with Crippen molar-refractivity contribution in [2.45, 2.75) is 6.18 Å². The van der Waals surface area contributed by atoms with E-state index in [4.69, 9.17) is 0 Å². The number of aromatic nitrogens is 1. The van der Waals surface area contributed by atoms with Gasteiger partial charge in [0.1, 0.15) is 5.69 Å². The molecule has 0 fully saturated rings. The predicted molar refractivity (Wildman–Crippen MR) is 210 cm³/mol. The molecule has 9 aromatic carbocycles. The molecule has 55 heavy (non-hydrogen) atoms. The lowest BCUT2D eigenvalue weighted by molar-refractivity contribution is -0.141. The average Bonchev–Trinajstić information content (AvgIpc) is 3.20. The fourth-order valence-electron chi connectivity index (χ4n) is 8.30. The van der Waals surface area contributed by atoms with Gasteiger partial charge in [0.2, 0.25) is 0 Å². The largest absolute Gasteiger partial charge is 0.433 e. The number of hydrogen-bond acceptors (Lipinski definition) is 1. The van der Waals surface area contributed by atoms with Crippen LogP contribution in [0, 0.1) is 17.5 Å². The highest BCUT2D eigenvalue weighted by atomic mass is 19.4. The van der Waals surface area contributed by atoms with Gasteiger partial charge >= 0.3 is 6.18 Å². The number of halogens is 6. The number of fused-ring (bicyclic) bond motifs is 2. The molecule has 1 nitrogen and oxygen atoms in total. The van der Waals surface area contributed by atoms with Crippen LogP contribution in [0.2, 0.25) is 0 Å². The second-order valence-corrected chi connectivity index (χ2v) is 13.8. The number of nitrogens with zero attached hydrogens (tertiary/aromatic N) is 1. The van der Waals surface area contributed by atoms with Crippen LogP contribution in [0.15, 0.2) is 152 Å². The summed E-state index contributed by atoms with van der Waals surface area (Å²) in [5, 5.41) is 9.77. The Balaban J connectivity index is 1.21. The molecule has 0 unspecified atom stereocenters. The quantitative estimate of drug-likeness (QED) is 0.0761. The molecule has 1 heterocycles. The lowest BCUT2D eigenvalue weighted by Gasteiger charge is -2.21. The van der Waals surface area contributed by atoms with Gasteiger partial charge in [-0.2, -0.15) is 13.2 Å². The van der Waals surface area contributed by atoms with E-state index in [0.29, 0.717) is 11.1 Å². The van der Waals surface area contributed by atoms with E-state index in [9.17, 15) is 26.3 Å². The molecular weight excluding hydrogens is 705 g/mol. The van der Waals surface area contributed by atoms with Crippen molar-refractivity contribution in [1.29, 1.82) is 0 Å². The van der Waals surface area contributed by atoms with Crippen LogP contribution in [-0.2, 0) is 6.18 Å². The summed E-state index contributed by atoms with van der Waals surface area (Å²) < 4.78 is 82.7. The van der Waals surface area contributed by atoms with Crippen molar-refractivity contribution in [1.82, 2.24) is 4.98 Å². The fraction of sp³-hybridized carbons (Fsp3) is 0.0208. The number of rotatable bonds is 4. The van der Waals surface area contributed by atoms with Crippen LogP contribution in [0.4, 0.5) is 26.3 Å². The van der Waals surface area contributed by atoms with Gasteiger partial charge in [0.25, 0.3) is 0 Å². The Morgan fingerprint density at radius 2 is 0.927 bits per heavy atom. The first-order chi connectivity index (χ1) is 26.7. The molecule has 0 saturated heterocycles. The maximum atomic E-state index is 14.4. The number of alkyl halides is 3. The summed E-state index contributed by atoms with van der Waals surface area (Å²) in [7, 11) is 0. The topological polar surface area (TPSA) is 12.9 Å². The van der Waals surface area contributed by atoms with E-state index in [2.05, 4.69) is 53.5 Å². The minimum atomic E-state index is -4.52. The minimum Gasteiger partial charge on any atom is -0.251 e. The van der Waals surface area contributed by atoms with Crippen LogP contribution in [0.5, 0.6) is 0 Å². The van der Waals surface area contributed by atoms with Crippen molar-refractivity contribution in [3.8, 4) is 44.5 Å². The van der Waals surface area contributed by atoms with Crippen LogP contribution in [-0.4, -0.2) is 4.98 Å². The lowest BCUT2D eigenvalue weighted by Crippen LogP contribution is -2.07. The zero-order valence-electron chi connectivity index (χ0n) is 28.6. The molecule has 1 aromatic heterocycles. The summed E-state index contributed by atoms with van der Waals surface area (Å²) in [4.78, 5) is 3.69. The highest BCUT2D eigenvalue weighted by Gasteiger charge is 2.32. The van der Waals surface area contributed by atoms with E-state index in [1.807, 2.05) is 72.8 Å². The molecule has 0 amide bonds. The van der Waals surface area contributed by atoms with E-state index in [1.54, 1.807) is 0 Å². The molecule has 0 N–H and O–H groups in total. The number of pyridine rings is 1. The Hall–Kier alpha value is -6.73. The monoisotopic (exact) mass is 729 g/mol. The van der Waals surface area contributed by atoms with Crippen LogP contribution in [0.3, 0.4) is 0 Å². The molecule has 0 aliphatic carbocycles. The molecule has 0 bridgehead atoms. The molecule has 0 atom stereocenters. The SMILES string of the molecule is Fc1cc(-c2ccc3ccc4c(-c5c6ccccc6c(-c6cccc(-c7ccc(C(F)(F)F)nc7)c6)c6ccccc56)ccc5ccc2c3c54)cc(F)c1F. The normalized spacial score (nSPS) is 12.2. The first kappa shape index (κ1) is 32.9. The minimum absolute atomic E-state index is 0.251. The maximum Gasteiger partial charge on any atom is 0.433 e. The van der Waals surface area contributed by atoms with E-state index in [-0.39, 0.29) is 5.56 Å². The third kappa shape index (κ3) is 5.14. The Labute approximate surface area is 310 Å². The second-order valence-electron chi connectivity index (χ2n) is 13.8. The Morgan fingerprint density at radius 3 is 1.49 bits per heavy atom. The average molecular weight is 730 g/mol. The van der Waals surface area contributed by atoms with Gasteiger partial charge in [-0.1, -0.05) is 121 Å². The zero-order chi connectivity index (χ0) is 37.6. The van der Waals surface area contributed by atoms with Crippen molar-refractivity contribution in [2.24, 2.45) is 0 Å². The van der Waals surface area contributed by atoms with Gasteiger partial charge < -0.3 is 0 Å². The molecule has 0 aliphatic rings. The fourth-order valence-corrected chi connectivity index (χ4v) is 8.30. The van der Waals surface area contributed by atoms with Gasteiger partial charge in [0, 0.05) is 11.8 Å². The molecule has 0 spiro atoms. The summed E-state index contributed by atoms with van der Waals surface area (Å²) in [5.74, 6) is -3.98. The highest BCUT2D eigenvalue weighted by Crippen LogP contribution is 2.48. The van der Waals surface area contributed by atoms with Crippen molar-refractivity contribution < 1.29 is 26.3 Å². The molecule has 0 saturated carbocycles. The summed E-state index contributed by atoms with van der Waals surface area (Å²) in [6.45, 7) is 0. The molecule has 264 valence electrons. The molecule has 0 radical (unpaired) electrons. The highest BCUT2D eigenvalue weighted by molar-refractivity contribution is 6.30. The van der Waals surface area contributed by atoms with Crippen molar-refractivity contribution >= 4 is 53.9 Å². The molecule has 10 rings (SSSR count). The summed E-state index contributed by atoms with van der Waals surface area (Å²) >= 11 is 0. The molecule has 7 heteroatoms. The van der Waals surface area contributed by atoms with Crippen LogP contribution in [0.1, 0.15) is 5.69 Å². The summed E-state index contributed by atoms with van der Waals surface area (Å²) in [6.07, 6.45) is -3.27. The number of hydrogen-bond donors (Lipinski definition) is 0. The smallest absolute Gasteiger partial charge is 0.251 e. The lowest BCUT2D eigenvalue weighted by atomic mass is 9.82. The summed E-state index contributed by atoms with van der Waals surface area (Å²) in [6, 6.07) is 44.8. The first-order valence-corrected chi connectivity index (χ1v) is 17.6. The Bertz CT molecular complexity index is 3080. The third-order valence-electron chi connectivity index (χ3n) is 10.7. The van der Waals surface area contributed by atoms with Crippen LogP contribution in [0.25, 0.3) is 98.4 Å². The van der Waals surface area contributed by atoms with Crippen LogP contribution < -0.4 is 0 Å². The van der Waals surface area contributed by atoms with E-state index < -0.39 is 29.3 Å². The van der Waals surface area contributed by atoms with Crippen molar-refractivity contribution in [2.75, 3.05) is 0 Å². The van der Waals surface area contributed by atoms with Crippen LogP contribution >= 0.6 is 0 Å². The van der Waals surface area contributed by atoms with Gasteiger partial charge in [-0.15, -0.1) is 0 Å². The molecular formula is C48H25F6N. The maximum absolute atomic E-state index is 14.4. The van der Waals surface area contributed by atoms with E-state index in [1.165, 1.54) is 12.3 Å². The Morgan fingerprint density at radius 1 is 0.400 bits per heavy atom. The van der Waals surface area contributed by atoms with E-state index in [0.717, 1.165) is 99.9 Å². The Kier molecular flexibility index (Phi) is 7.26. The predicted octanol–water partition coefficient (Wildman–Crippen LogP) is 14.4. The summed E-state index contributed by atoms with van der Waals surface area (Å²) in [5.41, 5.74) is 5.19. The van der Waals surface area contributed by atoms with Crippen molar-refractivity contribution in [3.63, 3.8) is 0 Å². The van der Waals surface area contributed by atoms with Gasteiger partial charge in [-0.05, 0) is 117 Å². The zero-order valence-corrected chi connectivity index (χ0v) is 28.6.